The van der Waals surface area contributed by atoms with Crippen LogP contribution in [0.3, 0.4) is 0 Å². The predicted octanol–water partition coefficient (Wildman–Crippen LogP) is 5.24. The zero-order valence-corrected chi connectivity index (χ0v) is 20.8. The predicted molar refractivity (Wildman–Crippen MR) is 133 cm³/mol. The van der Waals surface area contributed by atoms with Gasteiger partial charge in [0.05, 0.1) is 6.42 Å². The minimum absolute atomic E-state index is 0.00954. The topological polar surface area (TPSA) is 35.5 Å². The zero-order valence-electron chi connectivity index (χ0n) is 19.8. The van der Waals surface area contributed by atoms with E-state index in [-0.39, 0.29) is 17.1 Å². The zero-order chi connectivity index (χ0) is 22.8. The number of carbonyl (C=O) groups is 1. The average molecular weight is 449 g/mol. The number of fused-ring (bicyclic) bond motifs is 1. The van der Waals surface area contributed by atoms with Gasteiger partial charge in [-0.1, -0.05) is 100 Å². The first-order chi connectivity index (χ1) is 15.3. The second kappa shape index (κ2) is 9.36. The molecule has 2 aromatic carbocycles. The summed E-state index contributed by atoms with van der Waals surface area (Å²) in [6, 6.07) is 21.7. The van der Waals surface area contributed by atoms with Gasteiger partial charge in [-0.2, -0.15) is 0 Å². The highest BCUT2D eigenvalue weighted by Crippen LogP contribution is 2.39. The Hall–Kier alpha value is -2.17. The Bertz CT molecular complexity index is 906. The molecule has 1 aliphatic carbocycles. The van der Waals surface area contributed by atoms with Crippen molar-refractivity contribution in [2.75, 3.05) is 6.61 Å². The third-order valence-corrected chi connectivity index (χ3v) is 12.3. The molecule has 0 unspecified atom stereocenters. The number of hydrogen-bond donors (Lipinski definition) is 0. The van der Waals surface area contributed by atoms with E-state index >= 15 is 0 Å². The average Bonchev–Trinajstić information content (AvgIpc) is 3.05. The van der Waals surface area contributed by atoms with Crippen molar-refractivity contribution in [1.29, 1.82) is 0 Å². The van der Waals surface area contributed by atoms with E-state index in [1.807, 2.05) is 0 Å². The summed E-state index contributed by atoms with van der Waals surface area (Å²) >= 11 is 0. The van der Waals surface area contributed by atoms with Crippen LogP contribution in [-0.4, -0.2) is 27.0 Å². The van der Waals surface area contributed by atoms with E-state index in [9.17, 15) is 4.79 Å². The molecule has 2 aliphatic rings. The molecular formula is C28H36O3Si. The fourth-order valence-electron chi connectivity index (χ4n) is 5.57. The molecule has 2 aromatic rings. The Balaban J connectivity index is 1.58. The van der Waals surface area contributed by atoms with Crippen molar-refractivity contribution in [3.63, 3.8) is 0 Å². The molecule has 0 spiro atoms. The van der Waals surface area contributed by atoms with Crippen LogP contribution in [0.4, 0.5) is 0 Å². The molecule has 1 fully saturated rings. The number of rotatable bonds is 6. The Labute approximate surface area is 194 Å². The molecule has 0 N–H and O–H groups in total. The van der Waals surface area contributed by atoms with Gasteiger partial charge in [-0.05, 0) is 40.6 Å². The highest BCUT2D eigenvalue weighted by molar-refractivity contribution is 6.99. The van der Waals surface area contributed by atoms with Crippen molar-refractivity contribution >= 4 is 24.7 Å². The van der Waals surface area contributed by atoms with Crippen LogP contribution in [0, 0.1) is 11.8 Å². The molecule has 4 rings (SSSR count). The lowest BCUT2D eigenvalue weighted by atomic mass is 9.92. The number of allylic oxidation sites excluding steroid dienone is 1. The molecule has 3 atom stereocenters. The van der Waals surface area contributed by atoms with Gasteiger partial charge in [-0.3, -0.25) is 4.79 Å². The molecule has 0 saturated carbocycles. The van der Waals surface area contributed by atoms with Gasteiger partial charge >= 0.3 is 5.97 Å². The summed E-state index contributed by atoms with van der Waals surface area (Å²) in [7, 11) is -2.50. The van der Waals surface area contributed by atoms with E-state index in [4.69, 9.17) is 9.16 Å². The van der Waals surface area contributed by atoms with Crippen LogP contribution in [0.25, 0.3) is 0 Å². The summed E-state index contributed by atoms with van der Waals surface area (Å²) in [5.41, 5.74) is 1.45. The van der Waals surface area contributed by atoms with Gasteiger partial charge in [-0.25, -0.2) is 0 Å². The number of carbonyl (C=O) groups excluding carboxylic acids is 1. The van der Waals surface area contributed by atoms with Crippen molar-refractivity contribution in [3.05, 3.63) is 72.3 Å². The largest absolute Gasteiger partial charge is 0.462 e. The number of ether oxygens (including phenoxy) is 1. The van der Waals surface area contributed by atoms with E-state index in [0.29, 0.717) is 24.9 Å². The Kier molecular flexibility index (Phi) is 6.73. The maximum absolute atomic E-state index is 11.7. The normalized spacial score (nSPS) is 23.8. The van der Waals surface area contributed by atoms with Gasteiger partial charge in [0.15, 0.2) is 0 Å². The molecule has 0 aromatic heterocycles. The van der Waals surface area contributed by atoms with Gasteiger partial charge in [0.25, 0.3) is 8.32 Å². The van der Waals surface area contributed by atoms with Crippen LogP contribution in [0.5, 0.6) is 0 Å². The van der Waals surface area contributed by atoms with Crippen LogP contribution in [0.2, 0.25) is 5.04 Å². The number of esters is 1. The van der Waals surface area contributed by atoms with Crippen molar-refractivity contribution in [1.82, 2.24) is 0 Å². The van der Waals surface area contributed by atoms with Gasteiger partial charge in [0.2, 0.25) is 0 Å². The van der Waals surface area contributed by atoms with Crippen LogP contribution >= 0.6 is 0 Å². The summed E-state index contributed by atoms with van der Waals surface area (Å²) in [6.45, 7) is 9.94. The first-order valence-corrected chi connectivity index (χ1v) is 13.9. The molecular weight excluding hydrogens is 412 g/mol. The number of hydrogen-bond acceptors (Lipinski definition) is 3. The molecule has 0 amide bonds. The standard InChI is InChI=1S/C28H36O3Si/c1-21-19-26-23(20-27(29)31-26)16-15-22(21)17-18-30-32(28(2,3)4,24-11-7-5-8-12-24)25-13-9-6-10-14-25/h5-15,21,23,26H,16-20H2,1-4H3/t21-,23+,26-/m0/s1. The van der Waals surface area contributed by atoms with Gasteiger partial charge < -0.3 is 9.16 Å². The molecule has 1 saturated heterocycles. The summed E-state index contributed by atoms with van der Waals surface area (Å²) in [5.74, 6) is 0.734. The smallest absolute Gasteiger partial charge is 0.306 e. The van der Waals surface area contributed by atoms with Crippen molar-refractivity contribution in [2.45, 2.75) is 64.5 Å². The van der Waals surface area contributed by atoms with E-state index in [0.717, 1.165) is 19.3 Å². The van der Waals surface area contributed by atoms with Crippen LogP contribution in [0.1, 0.15) is 53.4 Å². The second-order valence-electron chi connectivity index (χ2n) is 10.4. The third-order valence-electron chi connectivity index (χ3n) is 7.27. The maximum Gasteiger partial charge on any atom is 0.306 e. The van der Waals surface area contributed by atoms with Gasteiger partial charge in [0, 0.05) is 12.5 Å². The minimum atomic E-state index is -2.50. The molecule has 0 radical (unpaired) electrons. The van der Waals surface area contributed by atoms with E-state index in [2.05, 4.69) is 94.4 Å². The van der Waals surface area contributed by atoms with Crippen LogP contribution < -0.4 is 10.4 Å². The number of benzene rings is 2. The monoisotopic (exact) mass is 448 g/mol. The van der Waals surface area contributed by atoms with E-state index < -0.39 is 8.32 Å². The van der Waals surface area contributed by atoms with E-state index in [1.165, 1.54) is 15.9 Å². The SMILES string of the molecule is C[C@H]1C[C@@H]2OC(=O)C[C@H]2CC=C1CCO[Si](c1ccccc1)(c1ccccc1)C(C)(C)C. The Morgan fingerprint density at radius 3 is 2.16 bits per heavy atom. The highest BCUT2D eigenvalue weighted by atomic mass is 28.4. The van der Waals surface area contributed by atoms with E-state index in [1.54, 1.807) is 0 Å². The first kappa shape index (κ1) is 23.0. The fourth-order valence-corrected chi connectivity index (χ4v) is 10.1. The Morgan fingerprint density at radius 1 is 1.00 bits per heavy atom. The van der Waals surface area contributed by atoms with Crippen LogP contribution in [0.15, 0.2) is 72.3 Å². The molecule has 1 aliphatic heterocycles. The lowest BCUT2D eigenvalue weighted by molar-refractivity contribution is -0.141. The van der Waals surface area contributed by atoms with Gasteiger partial charge in [0.1, 0.15) is 6.10 Å². The molecule has 0 bridgehead atoms. The van der Waals surface area contributed by atoms with Crippen molar-refractivity contribution < 1.29 is 14.0 Å². The van der Waals surface area contributed by atoms with Gasteiger partial charge in [-0.15, -0.1) is 0 Å². The summed E-state index contributed by atoms with van der Waals surface area (Å²) in [4.78, 5) is 11.7. The highest BCUT2D eigenvalue weighted by Gasteiger charge is 2.50. The fraction of sp³-hybridized carbons (Fsp3) is 0.464. The quantitative estimate of drug-likeness (QED) is 0.344. The molecule has 32 heavy (non-hydrogen) atoms. The first-order valence-electron chi connectivity index (χ1n) is 11.9. The van der Waals surface area contributed by atoms with Crippen LogP contribution in [-0.2, 0) is 14.0 Å². The maximum atomic E-state index is 11.7. The summed E-state index contributed by atoms with van der Waals surface area (Å²) in [6.07, 6.45) is 5.82. The second-order valence-corrected chi connectivity index (χ2v) is 14.7. The molecule has 3 nitrogen and oxygen atoms in total. The minimum Gasteiger partial charge on any atom is -0.462 e. The summed E-state index contributed by atoms with van der Waals surface area (Å²) in [5, 5.41) is 2.63. The summed E-state index contributed by atoms with van der Waals surface area (Å²) < 4.78 is 12.7. The third kappa shape index (κ3) is 4.48. The molecule has 4 heteroatoms. The lowest BCUT2D eigenvalue weighted by Gasteiger charge is -2.43. The van der Waals surface area contributed by atoms with Crippen molar-refractivity contribution in [2.24, 2.45) is 11.8 Å². The Morgan fingerprint density at radius 2 is 1.59 bits per heavy atom. The molecule has 1 heterocycles. The van der Waals surface area contributed by atoms with Crippen molar-refractivity contribution in [3.8, 4) is 0 Å². The molecule has 170 valence electrons. The lowest BCUT2D eigenvalue weighted by Crippen LogP contribution is -2.66.